The Hall–Kier alpha value is -0.210. The van der Waals surface area contributed by atoms with Crippen LogP contribution in [0.4, 0.5) is 0 Å². The van der Waals surface area contributed by atoms with Crippen molar-refractivity contribution in [3.05, 3.63) is 28.2 Å². The second-order valence-corrected chi connectivity index (χ2v) is 5.66. The highest BCUT2D eigenvalue weighted by Gasteiger charge is 2.24. The molecule has 0 radical (unpaired) electrons. The molecule has 0 saturated heterocycles. The topological polar surface area (TPSA) is 9.23 Å². The molecule has 0 amide bonds. The van der Waals surface area contributed by atoms with E-state index < -0.39 is 0 Å². The molecule has 1 aliphatic rings. The molecule has 0 bridgehead atoms. The Morgan fingerprint density at radius 1 is 1.38 bits per heavy atom. The Labute approximate surface area is 110 Å². The summed E-state index contributed by atoms with van der Waals surface area (Å²) in [5.41, 5.74) is 1.20. The van der Waals surface area contributed by atoms with Gasteiger partial charge < -0.3 is 4.74 Å². The van der Waals surface area contributed by atoms with Crippen LogP contribution in [0.15, 0.2) is 22.7 Å². The van der Waals surface area contributed by atoms with Crippen LogP contribution in [-0.4, -0.2) is 7.11 Å². The number of alkyl halides is 1. The highest BCUT2D eigenvalue weighted by molar-refractivity contribution is 9.10. The van der Waals surface area contributed by atoms with Crippen LogP contribution in [-0.2, 0) is 0 Å². The molecule has 2 rings (SSSR count). The largest absolute Gasteiger partial charge is 0.496 e. The van der Waals surface area contributed by atoms with Crippen molar-refractivity contribution < 1.29 is 4.74 Å². The van der Waals surface area contributed by atoms with Crippen LogP contribution in [0.2, 0.25) is 0 Å². The van der Waals surface area contributed by atoms with Crippen LogP contribution >= 0.6 is 27.5 Å². The fourth-order valence-electron chi connectivity index (χ4n) is 2.38. The molecule has 0 N–H and O–H groups in total. The zero-order valence-corrected chi connectivity index (χ0v) is 11.7. The second-order valence-electron chi connectivity index (χ2n) is 4.34. The molecule has 0 aliphatic heterocycles. The van der Waals surface area contributed by atoms with E-state index in [1.54, 1.807) is 7.11 Å². The average molecular weight is 304 g/mol. The molecule has 0 heterocycles. The van der Waals surface area contributed by atoms with Crippen molar-refractivity contribution in [2.24, 2.45) is 5.92 Å². The third-order valence-corrected chi connectivity index (χ3v) is 4.54. The van der Waals surface area contributed by atoms with E-state index >= 15 is 0 Å². The fourth-order valence-corrected chi connectivity index (χ4v) is 3.32. The summed E-state index contributed by atoms with van der Waals surface area (Å²) in [6.45, 7) is 0. The molecule has 16 heavy (non-hydrogen) atoms. The maximum atomic E-state index is 6.52. The van der Waals surface area contributed by atoms with Crippen molar-refractivity contribution in [1.82, 2.24) is 0 Å². The molecule has 1 fully saturated rings. The van der Waals surface area contributed by atoms with E-state index in [9.17, 15) is 0 Å². The summed E-state index contributed by atoms with van der Waals surface area (Å²) in [7, 11) is 1.68. The standard InChI is InChI=1S/C13H16BrClO/c1-16-12-7-6-10(8-11(12)14)13(15)9-4-2-3-5-9/h6-9,13H,2-5H2,1H3. The maximum Gasteiger partial charge on any atom is 0.133 e. The van der Waals surface area contributed by atoms with Gasteiger partial charge in [0.2, 0.25) is 0 Å². The number of methoxy groups -OCH3 is 1. The van der Waals surface area contributed by atoms with Gasteiger partial charge in [0.25, 0.3) is 0 Å². The summed E-state index contributed by atoms with van der Waals surface area (Å²) < 4.78 is 6.20. The van der Waals surface area contributed by atoms with E-state index in [1.807, 2.05) is 6.07 Å². The van der Waals surface area contributed by atoms with E-state index in [0.717, 1.165) is 10.2 Å². The highest BCUT2D eigenvalue weighted by atomic mass is 79.9. The van der Waals surface area contributed by atoms with Gasteiger partial charge in [-0.05, 0) is 52.4 Å². The number of benzene rings is 1. The number of ether oxygens (including phenoxy) is 1. The highest BCUT2D eigenvalue weighted by Crippen LogP contribution is 2.41. The molecule has 1 nitrogen and oxygen atoms in total. The van der Waals surface area contributed by atoms with Crippen molar-refractivity contribution in [2.45, 2.75) is 31.1 Å². The lowest BCUT2D eigenvalue weighted by atomic mass is 9.97. The van der Waals surface area contributed by atoms with E-state index in [2.05, 4.69) is 28.1 Å². The van der Waals surface area contributed by atoms with Crippen LogP contribution in [0.1, 0.15) is 36.6 Å². The zero-order chi connectivity index (χ0) is 11.5. The predicted octanol–water partition coefficient (Wildman–Crippen LogP) is 4.93. The Morgan fingerprint density at radius 3 is 2.62 bits per heavy atom. The molecular formula is C13H16BrClO. The third kappa shape index (κ3) is 2.54. The van der Waals surface area contributed by atoms with Gasteiger partial charge in [0.05, 0.1) is 17.0 Å². The SMILES string of the molecule is COc1ccc(C(Cl)C2CCCC2)cc1Br. The van der Waals surface area contributed by atoms with Gasteiger partial charge in [0.1, 0.15) is 5.75 Å². The van der Waals surface area contributed by atoms with E-state index in [1.165, 1.54) is 31.2 Å². The smallest absolute Gasteiger partial charge is 0.133 e. The molecule has 0 spiro atoms. The molecule has 3 heteroatoms. The second kappa shape index (κ2) is 5.42. The summed E-state index contributed by atoms with van der Waals surface area (Å²) in [5.74, 6) is 1.50. The fraction of sp³-hybridized carbons (Fsp3) is 0.538. The number of hydrogen-bond donors (Lipinski definition) is 0. The Balaban J connectivity index is 2.16. The molecule has 1 atom stereocenters. The van der Waals surface area contributed by atoms with E-state index in [4.69, 9.17) is 16.3 Å². The summed E-state index contributed by atoms with van der Waals surface area (Å²) in [6, 6.07) is 6.12. The third-order valence-electron chi connectivity index (χ3n) is 3.31. The Bertz CT molecular complexity index is 361. The Morgan fingerprint density at radius 2 is 2.06 bits per heavy atom. The number of halogens is 2. The average Bonchev–Trinajstić information content (AvgIpc) is 2.81. The summed E-state index contributed by atoms with van der Waals surface area (Å²) in [6.07, 6.45) is 5.17. The van der Waals surface area contributed by atoms with Gasteiger partial charge in [0, 0.05) is 0 Å². The summed E-state index contributed by atoms with van der Waals surface area (Å²) >= 11 is 10.0. The molecule has 1 aromatic carbocycles. The lowest BCUT2D eigenvalue weighted by molar-refractivity contribution is 0.411. The minimum atomic E-state index is 0.143. The van der Waals surface area contributed by atoms with Crippen molar-refractivity contribution in [3.8, 4) is 5.75 Å². The monoisotopic (exact) mass is 302 g/mol. The molecule has 1 unspecified atom stereocenters. The number of rotatable bonds is 3. The van der Waals surface area contributed by atoms with Crippen LogP contribution in [0.5, 0.6) is 5.75 Å². The lowest BCUT2D eigenvalue weighted by Gasteiger charge is -2.17. The molecule has 1 saturated carbocycles. The van der Waals surface area contributed by atoms with E-state index in [-0.39, 0.29) is 5.38 Å². The van der Waals surface area contributed by atoms with Gasteiger partial charge in [-0.15, -0.1) is 11.6 Å². The zero-order valence-electron chi connectivity index (χ0n) is 9.38. The van der Waals surface area contributed by atoms with Gasteiger partial charge in [-0.25, -0.2) is 0 Å². The minimum absolute atomic E-state index is 0.143. The lowest BCUT2D eigenvalue weighted by Crippen LogP contribution is -2.03. The Kier molecular flexibility index (Phi) is 4.15. The van der Waals surface area contributed by atoms with E-state index in [0.29, 0.717) is 5.92 Å². The van der Waals surface area contributed by atoms with Crippen molar-refractivity contribution in [3.63, 3.8) is 0 Å². The quantitative estimate of drug-likeness (QED) is 0.720. The van der Waals surface area contributed by atoms with Crippen LogP contribution in [0.3, 0.4) is 0 Å². The van der Waals surface area contributed by atoms with Crippen molar-refractivity contribution in [1.29, 1.82) is 0 Å². The first kappa shape index (κ1) is 12.3. The van der Waals surface area contributed by atoms with Gasteiger partial charge in [-0.3, -0.25) is 0 Å². The molecular weight excluding hydrogens is 287 g/mol. The van der Waals surface area contributed by atoms with Gasteiger partial charge >= 0.3 is 0 Å². The molecule has 0 aromatic heterocycles. The first-order valence-corrected chi connectivity index (χ1v) is 6.93. The van der Waals surface area contributed by atoms with Crippen LogP contribution < -0.4 is 4.74 Å². The van der Waals surface area contributed by atoms with Crippen molar-refractivity contribution in [2.75, 3.05) is 7.11 Å². The normalized spacial score (nSPS) is 18.7. The molecule has 1 aromatic rings. The van der Waals surface area contributed by atoms with Gasteiger partial charge in [0.15, 0.2) is 0 Å². The molecule has 1 aliphatic carbocycles. The molecule has 88 valence electrons. The minimum Gasteiger partial charge on any atom is -0.496 e. The first-order chi connectivity index (χ1) is 7.72. The first-order valence-electron chi connectivity index (χ1n) is 5.70. The van der Waals surface area contributed by atoms with Crippen LogP contribution in [0.25, 0.3) is 0 Å². The van der Waals surface area contributed by atoms with Gasteiger partial charge in [-0.1, -0.05) is 18.9 Å². The summed E-state index contributed by atoms with van der Waals surface area (Å²) in [5, 5.41) is 0.143. The predicted molar refractivity (Wildman–Crippen MR) is 71.2 cm³/mol. The number of hydrogen-bond acceptors (Lipinski definition) is 1. The van der Waals surface area contributed by atoms with Crippen molar-refractivity contribution >= 4 is 27.5 Å². The van der Waals surface area contributed by atoms with Gasteiger partial charge in [-0.2, -0.15) is 0 Å². The maximum absolute atomic E-state index is 6.52. The summed E-state index contributed by atoms with van der Waals surface area (Å²) in [4.78, 5) is 0. The van der Waals surface area contributed by atoms with Crippen LogP contribution in [0, 0.1) is 5.92 Å².